The highest BCUT2D eigenvalue weighted by atomic mass is 32.2. The van der Waals surface area contributed by atoms with E-state index in [4.69, 9.17) is 11.2 Å². The molecule has 1 aliphatic rings. The zero-order valence-electron chi connectivity index (χ0n) is 15.8. The van der Waals surface area contributed by atoms with Gasteiger partial charge in [0.1, 0.15) is 12.1 Å². The largest absolute Gasteiger partial charge is 0.459 e. The molecule has 0 radical (unpaired) electrons. The van der Waals surface area contributed by atoms with E-state index in [9.17, 15) is 26.4 Å². The molecule has 28 heavy (non-hydrogen) atoms. The number of carbonyl (C=O) groups is 1. The van der Waals surface area contributed by atoms with Crippen LogP contribution in [0.2, 0.25) is 0 Å². The Morgan fingerprint density at radius 1 is 1.25 bits per heavy atom. The molecular weight excluding hydrogens is 395 g/mol. The van der Waals surface area contributed by atoms with E-state index >= 15 is 0 Å². The Hall–Kier alpha value is -2.05. The molecule has 0 heterocycles. The lowest BCUT2D eigenvalue weighted by atomic mass is 10.2. The normalized spacial score (nSPS) is 16.5. The number of alkyl halides is 3. The van der Waals surface area contributed by atoms with Crippen LogP contribution in [0.4, 0.5) is 13.2 Å². The molecule has 5 nitrogen and oxygen atoms in total. The lowest BCUT2D eigenvalue weighted by molar-refractivity contribution is -0.155. The first-order valence-electron chi connectivity index (χ1n) is 8.63. The lowest BCUT2D eigenvalue weighted by Crippen LogP contribution is -2.45. The van der Waals surface area contributed by atoms with Crippen molar-refractivity contribution in [3.05, 3.63) is 29.8 Å². The zero-order chi connectivity index (χ0) is 21.3. The van der Waals surface area contributed by atoms with Crippen molar-refractivity contribution in [2.24, 2.45) is 5.92 Å². The second-order valence-corrected chi connectivity index (χ2v) is 9.50. The topological polar surface area (TPSA) is 63.7 Å². The molecule has 1 aromatic carbocycles. The second kappa shape index (κ2) is 7.76. The number of esters is 1. The summed E-state index contributed by atoms with van der Waals surface area (Å²) in [6, 6.07) is 2.21. The Balaban J connectivity index is 2.38. The van der Waals surface area contributed by atoms with Crippen molar-refractivity contribution < 1.29 is 31.1 Å². The van der Waals surface area contributed by atoms with Gasteiger partial charge in [0.25, 0.3) is 0 Å². The molecule has 0 spiro atoms. The van der Waals surface area contributed by atoms with Crippen LogP contribution in [0.5, 0.6) is 0 Å². The van der Waals surface area contributed by atoms with E-state index in [1.165, 1.54) is 0 Å². The third kappa shape index (κ3) is 5.49. The first-order valence-corrected chi connectivity index (χ1v) is 10.1. The van der Waals surface area contributed by atoms with Crippen molar-refractivity contribution >= 4 is 16.0 Å². The molecule has 0 aliphatic heterocycles. The highest BCUT2D eigenvalue weighted by Gasteiger charge is 2.42. The van der Waals surface area contributed by atoms with Crippen LogP contribution in [0.1, 0.15) is 39.2 Å². The summed E-state index contributed by atoms with van der Waals surface area (Å²) in [6.07, 6.45) is 2.35. The zero-order valence-corrected chi connectivity index (χ0v) is 16.6. The van der Waals surface area contributed by atoms with Gasteiger partial charge in [0.15, 0.2) is 0 Å². The van der Waals surface area contributed by atoms with Crippen LogP contribution in [0, 0.1) is 18.3 Å². The standard InChI is InChI=1S/C19H22F3NO4S/c1-5-16(13-6-7-13)23(12-17(24)27-18(2,3)4)28(25,26)15-10-8-14(9-11-15)19(20,21)22/h1,8-11,13,16H,6-7,12H2,2-4H3. The van der Waals surface area contributed by atoms with E-state index in [-0.39, 0.29) is 10.8 Å². The average Bonchev–Trinajstić information content (AvgIpc) is 3.37. The van der Waals surface area contributed by atoms with Gasteiger partial charge >= 0.3 is 12.1 Å². The number of ether oxygens (including phenoxy) is 1. The summed E-state index contributed by atoms with van der Waals surface area (Å²) in [5, 5.41) is 0. The number of hydrogen-bond donors (Lipinski definition) is 0. The summed E-state index contributed by atoms with van der Waals surface area (Å²) >= 11 is 0. The minimum atomic E-state index is -4.59. The van der Waals surface area contributed by atoms with Crippen molar-refractivity contribution in [2.75, 3.05) is 6.54 Å². The van der Waals surface area contributed by atoms with Gasteiger partial charge in [0, 0.05) is 0 Å². The molecule has 0 amide bonds. The third-order valence-corrected chi connectivity index (χ3v) is 5.88. The number of hydrogen-bond acceptors (Lipinski definition) is 4. The summed E-state index contributed by atoms with van der Waals surface area (Å²) in [6.45, 7) is 4.30. The van der Waals surface area contributed by atoms with Crippen molar-refractivity contribution in [3.8, 4) is 12.3 Å². The predicted octanol–water partition coefficient (Wildman–Crippen LogP) is 3.45. The van der Waals surface area contributed by atoms with Gasteiger partial charge in [-0.15, -0.1) is 6.42 Å². The first kappa shape index (κ1) is 22.2. The maximum Gasteiger partial charge on any atom is 0.416 e. The molecule has 0 aromatic heterocycles. The molecule has 0 N–H and O–H groups in total. The van der Waals surface area contributed by atoms with E-state index in [0.29, 0.717) is 25.0 Å². The molecule has 1 saturated carbocycles. The monoisotopic (exact) mass is 417 g/mol. The Morgan fingerprint density at radius 3 is 2.18 bits per heavy atom. The van der Waals surface area contributed by atoms with E-state index in [0.717, 1.165) is 16.4 Å². The van der Waals surface area contributed by atoms with Crippen molar-refractivity contribution in [1.29, 1.82) is 0 Å². The molecule has 2 rings (SSSR count). The fourth-order valence-corrected chi connectivity index (χ4v) is 4.21. The van der Waals surface area contributed by atoms with Crippen molar-refractivity contribution in [3.63, 3.8) is 0 Å². The minimum absolute atomic E-state index is 0.100. The number of nitrogens with zero attached hydrogens (tertiary/aromatic N) is 1. The van der Waals surface area contributed by atoms with Crippen LogP contribution in [-0.2, 0) is 25.7 Å². The summed E-state index contributed by atoms with van der Waals surface area (Å²) in [5.74, 6) is 1.51. The molecule has 1 fully saturated rings. The van der Waals surface area contributed by atoms with E-state index in [1.807, 2.05) is 0 Å². The van der Waals surface area contributed by atoms with Gasteiger partial charge in [0.05, 0.1) is 16.5 Å². The number of carbonyl (C=O) groups excluding carboxylic acids is 1. The minimum Gasteiger partial charge on any atom is -0.459 e. The van der Waals surface area contributed by atoms with Crippen LogP contribution in [0.25, 0.3) is 0 Å². The Morgan fingerprint density at radius 2 is 1.79 bits per heavy atom. The Labute approximate surface area is 162 Å². The Kier molecular flexibility index (Phi) is 6.16. The molecule has 1 aliphatic carbocycles. The van der Waals surface area contributed by atoms with Crippen LogP contribution < -0.4 is 0 Å². The van der Waals surface area contributed by atoms with Gasteiger partial charge in [-0.1, -0.05) is 5.92 Å². The molecule has 1 aromatic rings. The Bertz CT molecular complexity index is 860. The quantitative estimate of drug-likeness (QED) is 0.525. The van der Waals surface area contributed by atoms with E-state index < -0.39 is 45.9 Å². The second-order valence-electron chi connectivity index (χ2n) is 7.61. The van der Waals surface area contributed by atoms with Gasteiger partial charge in [-0.05, 0) is 63.8 Å². The molecular formula is C19H22F3NO4S. The fraction of sp³-hybridized carbons (Fsp3) is 0.526. The highest BCUT2D eigenvalue weighted by molar-refractivity contribution is 7.89. The number of halogens is 3. The number of terminal acetylenes is 1. The summed E-state index contributed by atoms with van der Waals surface area (Å²) in [4.78, 5) is 11.9. The molecule has 0 saturated heterocycles. The molecule has 154 valence electrons. The first-order chi connectivity index (χ1) is 12.8. The lowest BCUT2D eigenvalue weighted by Gasteiger charge is -2.28. The summed E-state index contributed by atoms with van der Waals surface area (Å²) < 4.78 is 70.4. The van der Waals surface area contributed by atoms with Crippen LogP contribution in [0.3, 0.4) is 0 Å². The number of sulfonamides is 1. The van der Waals surface area contributed by atoms with E-state index in [1.54, 1.807) is 20.8 Å². The van der Waals surface area contributed by atoms with Crippen molar-refractivity contribution in [2.45, 2.75) is 56.3 Å². The van der Waals surface area contributed by atoms with Crippen LogP contribution in [0.15, 0.2) is 29.2 Å². The fourth-order valence-electron chi connectivity index (χ4n) is 2.65. The molecule has 0 bridgehead atoms. The maximum absolute atomic E-state index is 13.1. The highest BCUT2D eigenvalue weighted by Crippen LogP contribution is 2.37. The molecule has 1 unspecified atom stereocenters. The smallest absolute Gasteiger partial charge is 0.416 e. The average molecular weight is 417 g/mol. The third-order valence-electron chi connectivity index (χ3n) is 4.04. The van der Waals surface area contributed by atoms with Gasteiger partial charge in [-0.25, -0.2) is 8.42 Å². The molecule has 1 atom stereocenters. The van der Waals surface area contributed by atoms with Crippen LogP contribution in [-0.4, -0.2) is 36.9 Å². The summed E-state index contributed by atoms with van der Waals surface area (Å²) in [7, 11) is -4.31. The van der Waals surface area contributed by atoms with Crippen LogP contribution >= 0.6 is 0 Å². The SMILES string of the molecule is C#CC(C1CC1)N(CC(=O)OC(C)(C)C)S(=O)(=O)c1ccc(C(F)(F)F)cc1. The van der Waals surface area contributed by atoms with Gasteiger partial charge in [0.2, 0.25) is 10.0 Å². The predicted molar refractivity (Wildman–Crippen MR) is 96.5 cm³/mol. The number of benzene rings is 1. The summed E-state index contributed by atoms with van der Waals surface area (Å²) in [5.41, 5.74) is -1.80. The van der Waals surface area contributed by atoms with Crippen molar-refractivity contribution in [1.82, 2.24) is 4.31 Å². The molecule has 9 heteroatoms. The maximum atomic E-state index is 13.1. The number of rotatable bonds is 6. The van der Waals surface area contributed by atoms with E-state index in [2.05, 4.69) is 5.92 Å². The van der Waals surface area contributed by atoms with Gasteiger partial charge < -0.3 is 4.74 Å². The van der Waals surface area contributed by atoms with Gasteiger partial charge in [-0.3, -0.25) is 4.79 Å². The van der Waals surface area contributed by atoms with Gasteiger partial charge in [-0.2, -0.15) is 17.5 Å².